The summed E-state index contributed by atoms with van der Waals surface area (Å²) in [5.41, 5.74) is 0.0689. The fraction of sp³-hybridized carbons (Fsp3) is 0.561. The number of nitrogens with one attached hydrogen (secondary N) is 4. The minimum absolute atomic E-state index is 0.0157. The highest BCUT2D eigenvalue weighted by molar-refractivity contribution is 6.09. The number of rotatable bonds is 12. The monoisotopic (exact) mass is 822 g/mol. The van der Waals surface area contributed by atoms with Crippen LogP contribution in [0.3, 0.4) is 0 Å². The summed E-state index contributed by atoms with van der Waals surface area (Å²) in [5, 5.41) is 21.0. The number of hydrogen-bond donors (Lipinski definition) is 5. The van der Waals surface area contributed by atoms with Gasteiger partial charge in [0.2, 0.25) is 29.5 Å². The number of pyridine rings is 1. The van der Waals surface area contributed by atoms with E-state index in [1.165, 1.54) is 29.0 Å². The Morgan fingerprint density at radius 2 is 1.59 bits per heavy atom. The number of aryl methyl sites for hydroxylation is 1. The van der Waals surface area contributed by atoms with Crippen LogP contribution in [0.25, 0.3) is 0 Å². The molecule has 8 atom stereocenters. The molecule has 1 saturated carbocycles. The number of nitrogens with zero attached hydrogens (tertiary/aromatic N) is 4. The molecule has 3 saturated heterocycles. The van der Waals surface area contributed by atoms with Crippen LogP contribution in [-0.4, -0.2) is 128 Å². The number of ketones is 1. The summed E-state index contributed by atoms with van der Waals surface area (Å²) in [6.45, 7) is 7.36. The molecule has 7 amide bonds. The molecule has 4 fully saturated rings. The van der Waals surface area contributed by atoms with E-state index in [-0.39, 0.29) is 48.5 Å². The molecule has 4 heterocycles. The fourth-order valence-electron chi connectivity index (χ4n) is 8.59. The van der Waals surface area contributed by atoms with Gasteiger partial charge in [0.1, 0.15) is 53.2 Å². The quantitative estimate of drug-likeness (QED) is 0.211. The maximum atomic E-state index is 14.3. The third kappa shape index (κ3) is 9.69. The van der Waals surface area contributed by atoms with Crippen LogP contribution < -0.4 is 21.3 Å². The average molecular weight is 823 g/mol. The predicted molar refractivity (Wildman–Crippen MR) is 208 cm³/mol. The Labute approximate surface area is 340 Å². The molecule has 318 valence electrons. The number of piperidine rings is 1. The molecule has 59 heavy (non-hydrogen) atoms. The van der Waals surface area contributed by atoms with Gasteiger partial charge in [0, 0.05) is 44.7 Å². The van der Waals surface area contributed by atoms with Crippen LogP contribution in [0.2, 0.25) is 0 Å². The van der Waals surface area contributed by atoms with Crippen molar-refractivity contribution in [1.29, 1.82) is 0 Å². The van der Waals surface area contributed by atoms with Crippen LogP contribution in [-0.2, 0) is 35.2 Å². The van der Waals surface area contributed by atoms with Gasteiger partial charge in [-0.1, -0.05) is 13.0 Å². The van der Waals surface area contributed by atoms with Gasteiger partial charge in [-0.25, -0.2) is 18.6 Å². The van der Waals surface area contributed by atoms with Crippen LogP contribution >= 0.6 is 0 Å². The Bertz CT molecular complexity index is 1960. The normalized spacial score (nSPS) is 24.6. The minimum atomic E-state index is -1.60. The van der Waals surface area contributed by atoms with Gasteiger partial charge in [0.15, 0.2) is 5.78 Å². The van der Waals surface area contributed by atoms with Crippen LogP contribution in [0.4, 0.5) is 19.4 Å². The zero-order valence-corrected chi connectivity index (χ0v) is 33.6. The van der Waals surface area contributed by atoms with Gasteiger partial charge in [0.05, 0.1) is 6.10 Å². The van der Waals surface area contributed by atoms with E-state index < -0.39 is 89.6 Å². The third-order valence-corrected chi connectivity index (χ3v) is 11.6. The van der Waals surface area contributed by atoms with Crippen molar-refractivity contribution in [3.05, 3.63) is 59.3 Å². The van der Waals surface area contributed by atoms with Gasteiger partial charge < -0.3 is 35.8 Å². The molecule has 3 aliphatic heterocycles. The zero-order chi connectivity index (χ0) is 42.8. The SMILES string of the molecule is Cc1ccc(NC(=O)NC(Cc2cc(F)cc(F)c2)C(=O)NC(C(=O)N2CCCC2C(=O)N2CCCCC2C(=O)NC(C)C(=O)N2CC(C)CC23CC3=O)C(C)O)nc1. The van der Waals surface area contributed by atoms with Gasteiger partial charge in [-0.05, 0) is 94.5 Å². The van der Waals surface area contributed by atoms with Gasteiger partial charge >= 0.3 is 6.03 Å². The number of aliphatic hydroxyl groups excluding tert-OH is 1. The van der Waals surface area contributed by atoms with Crippen molar-refractivity contribution >= 4 is 47.2 Å². The average Bonchev–Trinajstić information content (AvgIpc) is 3.46. The Kier molecular flexibility index (Phi) is 13.0. The highest BCUT2D eigenvalue weighted by Crippen LogP contribution is 2.48. The smallest absolute Gasteiger partial charge is 0.321 e. The maximum Gasteiger partial charge on any atom is 0.321 e. The number of hydrogen-bond acceptors (Lipinski definition) is 9. The summed E-state index contributed by atoms with van der Waals surface area (Å²) in [6.07, 6.45) is 2.75. The number of amides is 7. The highest BCUT2D eigenvalue weighted by atomic mass is 19.1. The molecular weight excluding hydrogens is 770 g/mol. The lowest BCUT2D eigenvalue weighted by atomic mass is 9.99. The van der Waals surface area contributed by atoms with E-state index in [2.05, 4.69) is 26.3 Å². The van der Waals surface area contributed by atoms with Crippen LogP contribution in [0.1, 0.15) is 76.8 Å². The second-order valence-corrected chi connectivity index (χ2v) is 16.4. The summed E-state index contributed by atoms with van der Waals surface area (Å²) in [4.78, 5) is 103. The topological polar surface area (TPSA) is 210 Å². The molecule has 5 N–H and O–H groups in total. The number of benzene rings is 1. The molecule has 6 rings (SSSR count). The first-order valence-electron chi connectivity index (χ1n) is 20.2. The largest absolute Gasteiger partial charge is 0.391 e. The number of Topliss-reactive ketones (excluding diaryl/α,β-unsaturated/α-hetero) is 1. The Hall–Kier alpha value is -5.52. The van der Waals surface area contributed by atoms with Crippen molar-refractivity contribution in [3.63, 3.8) is 0 Å². The molecule has 1 aromatic carbocycles. The summed E-state index contributed by atoms with van der Waals surface area (Å²) >= 11 is 0. The molecule has 1 aliphatic carbocycles. The number of aromatic nitrogens is 1. The lowest BCUT2D eigenvalue weighted by molar-refractivity contribution is -0.152. The van der Waals surface area contributed by atoms with Gasteiger partial charge in [-0.2, -0.15) is 0 Å². The van der Waals surface area contributed by atoms with Crippen molar-refractivity contribution in [2.75, 3.05) is 25.0 Å². The highest BCUT2D eigenvalue weighted by Gasteiger charge is 2.63. The molecule has 4 aliphatic rings. The number of anilines is 1. The molecule has 18 heteroatoms. The molecule has 16 nitrogen and oxygen atoms in total. The summed E-state index contributed by atoms with van der Waals surface area (Å²) < 4.78 is 28.3. The van der Waals surface area contributed by atoms with E-state index >= 15 is 0 Å². The molecule has 0 bridgehead atoms. The van der Waals surface area contributed by atoms with E-state index in [4.69, 9.17) is 0 Å². The summed E-state index contributed by atoms with van der Waals surface area (Å²) in [6, 6.07) is -1.01. The summed E-state index contributed by atoms with van der Waals surface area (Å²) in [5.74, 6) is -4.61. The molecular formula is C41H52F2N8O8. The van der Waals surface area contributed by atoms with Gasteiger partial charge in [0.25, 0.3) is 0 Å². The first-order chi connectivity index (χ1) is 28.0. The first-order valence-corrected chi connectivity index (χ1v) is 20.2. The molecule has 1 spiro atoms. The number of carbonyl (C=O) groups excluding carboxylic acids is 7. The van der Waals surface area contributed by atoms with E-state index in [0.29, 0.717) is 51.1 Å². The van der Waals surface area contributed by atoms with E-state index in [1.54, 1.807) is 24.8 Å². The van der Waals surface area contributed by atoms with Crippen molar-refractivity contribution in [1.82, 2.24) is 35.6 Å². The molecule has 8 unspecified atom stereocenters. The lowest BCUT2D eigenvalue weighted by Crippen LogP contribution is -2.62. The van der Waals surface area contributed by atoms with Crippen molar-refractivity contribution in [2.45, 2.75) is 121 Å². The maximum absolute atomic E-state index is 14.3. The molecule has 2 aromatic rings. The van der Waals surface area contributed by atoms with E-state index in [0.717, 1.165) is 17.7 Å². The summed E-state index contributed by atoms with van der Waals surface area (Å²) in [7, 11) is 0. The standard InChI is InChI=1S/C41H52F2N8O8/c1-22-10-11-33(44-20-22)47-40(59)46-29(16-26-14-27(42)17-28(43)15-26)35(54)48-34(25(4)52)39(58)50-13-7-9-31(50)38(57)49-12-6-5-8-30(49)36(55)45-24(3)37(56)51-21-23(2)18-41(51)19-32(41)53/h10-11,14-15,17,20,23-25,29-31,34,52H,5-9,12-13,16,18-19,21H2,1-4H3,(H,45,55)(H,48,54)(H2,44,46,47,59). The minimum Gasteiger partial charge on any atom is -0.391 e. The Balaban J connectivity index is 1.14. The molecule has 1 aromatic heterocycles. The third-order valence-electron chi connectivity index (χ3n) is 11.6. The van der Waals surface area contributed by atoms with Crippen LogP contribution in [0, 0.1) is 24.5 Å². The lowest BCUT2D eigenvalue weighted by Gasteiger charge is -2.39. The van der Waals surface area contributed by atoms with Crippen LogP contribution in [0.15, 0.2) is 36.5 Å². The van der Waals surface area contributed by atoms with E-state index in [9.17, 15) is 47.4 Å². The van der Waals surface area contributed by atoms with Crippen LogP contribution in [0.5, 0.6) is 0 Å². The predicted octanol–water partition coefficient (Wildman–Crippen LogP) is 1.72. The van der Waals surface area contributed by atoms with E-state index in [1.807, 2.05) is 6.92 Å². The number of likely N-dealkylation sites (tertiary alicyclic amines) is 3. The Morgan fingerprint density at radius 1 is 0.915 bits per heavy atom. The fourth-order valence-corrected chi connectivity index (χ4v) is 8.59. The van der Waals surface area contributed by atoms with Crippen molar-refractivity contribution in [3.8, 4) is 0 Å². The second-order valence-electron chi connectivity index (χ2n) is 16.4. The second kappa shape index (κ2) is 17.8. The number of halogens is 2. The Morgan fingerprint density at radius 3 is 2.24 bits per heavy atom. The number of urea groups is 1. The van der Waals surface area contributed by atoms with Crippen molar-refractivity contribution < 1.29 is 47.4 Å². The molecule has 0 radical (unpaired) electrons. The van der Waals surface area contributed by atoms with Crippen molar-refractivity contribution in [2.24, 2.45) is 5.92 Å². The van der Waals surface area contributed by atoms with Gasteiger partial charge in [-0.15, -0.1) is 0 Å². The first kappa shape index (κ1) is 43.1. The number of carbonyl (C=O) groups is 7. The van der Waals surface area contributed by atoms with Gasteiger partial charge in [-0.3, -0.25) is 34.1 Å². The number of aliphatic hydroxyl groups is 1. The zero-order valence-electron chi connectivity index (χ0n) is 33.6.